The van der Waals surface area contributed by atoms with Gasteiger partial charge in [0.15, 0.2) is 11.0 Å². The molecule has 6 nitrogen and oxygen atoms in total. The van der Waals surface area contributed by atoms with Crippen molar-refractivity contribution in [3.63, 3.8) is 0 Å². The van der Waals surface area contributed by atoms with Gasteiger partial charge in [0, 0.05) is 6.20 Å². The minimum absolute atomic E-state index is 0.106. The van der Waals surface area contributed by atoms with Crippen LogP contribution in [0.2, 0.25) is 0 Å². The third-order valence-corrected chi connectivity index (χ3v) is 3.76. The maximum Gasteiger partial charge on any atom is 0.189 e. The average molecular weight is 299 g/mol. The van der Waals surface area contributed by atoms with Gasteiger partial charge in [-0.15, -0.1) is 10.2 Å². The molecule has 2 heterocycles. The van der Waals surface area contributed by atoms with Crippen molar-refractivity contribution in [3.05, 3.63) is 42.7 Å². The number of H-pyrrole nitrogens is 1. The summed E-state index contributed by atoms with van der Waals surface area (Å²) in [6, 6.07) is 9.84. The van der Waals surface area contributed by atoms with Crippen molar-refractivity contribution in [1.29, 1.82) is 0 Å². The van der Waals surface area contributed by atoms with Crippen LogP contribution in [-0.2, 0) is 4.79 Å². The molecule has 0 amide bonds. The summed E-state index contributed by atoms with van der Waals surface area (Å²) in [5.41, 5.74) is 1.83. The second kappa shape index (κ2) is 5.92. The van der Waals surface area contributed by atoms with E-state index in [-0.39, 0.29) is 5.78 Å². The molecule has 0 unspecified atom stereocenters. The lowest BCUT2D eigenvalue weighted by Gasteiger charge is -1.98. The van der Waals surface area contributed by atoms with Gasteiger partial charge in [-0.25, -0.2) is 4.68 Å². The summed E-state index contributed by atoms with van der Waals surface area (Å²) in [7, 11) is 0. The number of para-hydroxylation sites is 1. The Hall–Kier alpha value is -2.41. The normalized spacial score (nSPS) is 10.7. The number of carbonyl (C=O) groups excluding carboxylic acids is 1. The maximum atomic E-state index is 11.0. The van der Waals surface area contributed by atoms with Crippen LogP contribution < -0.4 is 0 Å². The van der Waals surface area contributed by atoms with E-state index in [1.807, 2.05) is 36.5 Å². The number of benzene rings is 1. The molecule has 1 N–H and O–H groups in total. The van der Waals surface area contributed by atoms with Gasteiger partial charge in [-0.1, -0.05) is 30.0 Å². The molecular formula is C14H13N5OS. The molecule has 0 aliphatic rings. The van der Waals surface area contributed by atoms with Crippen LogP contribution >= 0.6 is 11.8 Å². The van der Waals surface area contributed by atoms with Crippen LogP contribution in [0.3, 0.4) is 0 Å². The Morgan fingerprint density at radius 3 is 2.86 bits per heavy atom. The standard InChI is InChI=1S/C14H13N5OS/c1-10(20)9-21-14-16-13(17-18-14)11-7-15-19(8-11)12-5-3-2-4-6-12/h2-8H,9H2,1H3,(H,16,17,18). The van der Waals surface area contributed by atoms with E-state index in [2.05, 4.69) is 20.3 Å². The molecule has 3 rings (SSSR count). The zero-order valence-electron chi connectivity index (χ0n) is 11.4. The van der Waals surface area contributed by atoms with E-state index in [0.29, 0.717) is 16.7 Å². The van der Waals surface area contributed by atoms with Crippen LogP contribution in [0.25, 0.3) is 17.1 Å². The molecule has 7 heteroatoms. The first-order valence-electron chi connectivity index (χ1n) is 6.38. The highest BCUT2D eigenvalue weighted by molar-refractivity contribution is 7.99. The quantitative estimate of drug-likeness (QED) is 0.732. The number of aromatic nitrogens is 5. The number of thioether (sulfide) groups is 1. The fourth-order valence-corrected chi connectivity index (χ4v) is 2.39. The molecule has 0 bridgehead atoms. The molecular weight excluding hydrogens is 286 g/mol. The van der Waals surface area contributed by atoms with Crippen molar-refractivity contribution >= 4 is 17.5 Å². The Kier molecular flexibility index (Phi) is 3.83. The highest BCUT2D eigenvalue weighted by atomic mass is 32.2. The van der Waals surface area contributed by atoms with Gasteiger partial charge in [-0.05, 0) is 19.1 Å². The lowest BCUT2D eigenvalue weighted by Crippen LogP contribution is -1.93. The number of Topliss-reactive ketones (excluding diaryl/α,β-unsaturated/α-hetero) is 1. The first-order valence-corrected chi connectivity index (χ1v) is 7.36. The Balaban J connectivity index is 1.79. The second-order valence-electron chi connectivity index (χ2n) is 4.48. The highest BCUT2D eigenvalue weighted by Crippen LogP contribution is 2.19. The minimum Gasteiger partial charge on any atom is -0.316 e. The van der Waals surface area contributed by atoms with Crippen molar-refractivity contribution in [3.8, 4) is 17.1 Å². The topological polar surface area (TPSA) is 76.5 Å². The van der Waals surface area contributed by atoms with Crippen LogP contribution in [0.15, 0.2) is 47.9 Å². The molecule has 21 heavy (non-hydrogen) atoms. The van der Waals surface area contributed by atoms with Gasteiger partial charge < -0.3 is 4.98 Å². The predicted molar refractivity (Wildman–Crippen MR) is 80.3 cm³/mol. The molecule has 0 atom stereocenters. The van der Waals surface area contributed by atoms with E-state index in [1.54, 1.807) is 17.8 Å². The number of hydrogen-bond acceptors (Lipinski definition) is 5. The smallest absolute Gasteiger partial charge is 0.189 e. The summed E-state index contributed by atoms with van der Waals surface area (Å²) >= 11 is 1.34. The molecule has 0 saturated carbocycles. The second-order valence-corrected chi connectivity index (χ2v) is 5.44. The van der Waals surface area contributed by atoms with Crippen LogP contribution in [0.5, 0.6) is 0 Å². The summed E-state index contributed by atoms with van der Waals surface area (Å²) in [5, 5.41) is 13.0. The van der Waals surface area contributed by atoms with Crippen molar-refractivity contribution in [2.75, 3.05) is 5.75 Å². The maximum absolute atomic E-state index is 11.0. The number of hydrogen-bond donors (Lipinski definition) is 1. The average Bonchev–Trinajstić information content (AvgIpc) is 3.15. The number of carbonyl (C=O) groups is 1. The molecule has 0 aliphatic heterocycles. The van der Waals surface area contributed by atoms with Gasteiger partial charge in [-0.3, -0.25) is 4.79 Å². The van der Waals surface area contributed by atoms with Crippen molar-refractivity contribution in [1.82, 2.24) is 25.0 Å². The molecule has 0 fully saturated rings. The zero-order chi connectivity index (χ0) is 14.7. The number of nitrogens with one attached hydrogen (secondary N) is 1. The summed E-state index contributed by atoms with van der Waals surface area (Å²) in [4.78, 5) is 14.0. The molecule has 106 valence electrons. The van der Waals surface area contributed by atoms with E-state index < -0.39 is 0 Å². The van der Waals surface area contributed by atoms with E-state index in [1.165, 1.54) is 11.8 Å². The van der Waals surface area contributed by atoms with E-state index in [0.717, 1.165) is 11.3 Å². The summed E-state index contributed by atoms with van der Waals surface area (Å²) in [6.07, 6.45) is 3.61. The molecule has 0 aliphatic carbocycles. The van der Waals surface area contributed by atoms with Crippen LogP contribution in [0, 0.1) is 0 Å². The molecule has 0 radical (unpaired) electrons. The van der Waals surface area contributed by atoms with Gasteiger partial charge in [0.2, 0.25) is 0 Å². The van der Waals surface area contributed by atoms with E-state index in [9.17, 15) is 4.79 Å². The summed E-state index contributed by atoms with van der Waals surface area (Å²) in [5.74, 6) is 1.14. The zero-order valence-corrected chi connectivity index (χ0v) is 12.2. The van der Waals surface area contributed by atoms with Crippen LogP contribution in [0.4, 0.5) is 0 Å². The Morgan fingerprint density at radius 2 is 2.10 bits per heavy atom. The van der Waals surface area contributed by atoms with Gasteiger partial charge in [0.05, 0.1) is 23.2 Å². The SMILES string of the molecule is CC(=O)CSc1nnc(-c2cnn(-c3ccccc3)c2)[nH]1. The monoisotopic (exact) mass is 299 g/mol. The van der Waals surface area contributed by atoms with Gasteiger partial charge in [-0.2, -0.15) is 5.10 Å². The number of aromatic amines is 1. The van der Waals surface area contributed by atoms with Crippen LogP contribution in [-0.4, -0.2) is 36.5 Å². The van der Waals surface area contributed by atoms with Gasteiger partial charge >= 0.3 is 0 Å². The third kappa shape index (κ3) is 3.19. The van der Waals surface area contributed by atoms with E-state index >= 15 is 0 Å². The van der Waals surface area contributed by atoms with Crippen LogP contribution in [0.1, 0.15) is 6.92 Å². The lowest BCUT2D eigenvalue weighted by atomic mass is 10.3. The lowest BCUT2D eigenvalue weighted by molar-refractivity contribution is -0.114. The Morgan fingerprint density at radius 1 is 1.29 bits per heavy atom. The van der Waals surface area contributed by atoms with Gasteiger partial charge in [0.25, 0.3) is 0 Å². The fraction of sp³-hybridized carbons (Fsp3) is 0.143. The third-order valence-electron chi connectivity index (χ3n) is 2.76. The van der Waals surface area contributed by atoms with E-state index in [4.69, 9.17) is 0 Å². The molecule has 0 saturated heterocycles. The van der Waals surface area contributed by atoms with Crippen molar-refractivity contribution in [2.24, 2.45) is 0 Å². The first kappa shape index (κ1) is 13.6. The fourth-order valence-electron chi connectivity index (χ4n) is 1.78. The number of rotatable bonds is 5. The Bertz CT molecular complexity index is 750. The molecule has 0 spiro atoms. The highest BCUT2D eigenvalue weighted by Gasteiger charge is 2.09. The summed E-state index contributed by atoms with van der Waals surface area (Å²) < 4.78 is 1.78. The largest absolute Gasteiger partial charge is 0.316 e. The molecule has 1 aromatic carbocycles. The first-order chi connectivity index (χ1) is 10.2. The minimum atomic E-state index is 0.106. The summed E-state index contributed by atoms with van der Waals surface area (Å²) in [6.45, 7) is 1.55. The van der Waals surface area contributed by atoms with Crippen molar-refractivity contribution < 1.29 is 4.79 Å². The van der Waals surface area contributed by atoms with Gasteiger partial charge in [0.1, 0.15) is 5.78 Å². The number of nitrogens with zero attached hydrogens (tertiary/aromatic N) is 4. The Labute approximate surface area is 125 Å². The molecule has 3 aromatic rings. The van der Waals surface area contributed by atoms with Crippen molar-refractivity contribution in [2.45, 2.75) is 12.1 Å². The predicted octanol–water partition coefficient (Wildman–Crippen LogP) is 2.34. The molecule has 2 aromatic heterocycles. The number of ketones is 1.